The second-order valence-electron chi connectivity index (χ2n) is 5.76. The molecule has 6 heteroatoms. The largest absolute Gasteiger partial charge is 0.466 e. The van der Waals surface area contributed by atoms with Crippen molar-refractivity contribution in [2.24, 2.45) is 5.92 Å². The fourth-order valence-corrected chi connectivity index (χ4v) is 2.88. The van der Waals surface area contributed by atoms with E-state index in [0.717, 1.165) is 19.4 Å². The maximum Gasteiger partial charge on any atom is 0.310 e. The first kappa shape index (κ1) is 17.8. The molecule has 1 aliphatic heterocycles. The van der Waals surface area contributed by atoms with Crippen molar-refractivity contribution >= 4 is 29.2 Å². The summed E-state index contributed by atoms with van der Waals surface area (Å²) in [7, 11) is 0. The number of nitrogens with one attached hydrogen (secondary N) is 1. The van der Waals surface area contributed by atoms with Crippen LogP contribution >= 0.6 is 11.6 Å². The summed E-state index contributed by atoms with van der Waals surface area (Å²) in [6, 6.07) is 6.71. The molecule has 0 spiro atoms. The Bertz CT molecular complexity index is 547. The zero-order valence-corrected chi connectivity index (χ0v) is 14.3. The second-order valence-corrected chi connectivity index (χ2v) is 6.19. The molecule has 0 aliphatic carbocycles. The summed E-state index contributed by atoms with van der Waals surface area (Å²) in [6.45, 7) is 5.43. The van der Waals surface area contributed by atoms with Crippen molar-refractivity contribution in [1.29, 1.82) is 0 Å². The highest BCUT2D eigenvalue weighted by Gasteiger charge is 2.31. The SMILES string of the molecule is CCOC(=O)[C@H]1CCCN([C@H](C)C(=O)Nc2ccc(Cl)cc2)C1. The van der Waals surface area contributed by atoms with Crippen LogP contribution in [0.15, 0.2) is 24.3 Å². The van der Waals surface area contributed by atoms with Gasteiger partial charge in [0, 0.05) is 17.3 Å². The Morgan fingerprint density at radius 3 is 2.74 bits per heavy atom. The number of hydrogen-bond acceptors (Lipinski definition) is 4. The Hall–Kier alpha value is -1.59. The quantitative estimate of drug-likeness (QED) is 0.839. The Balaban J connectivity index is 1.93. The highest BCUT2D eigenvalue weighted by Crippen LogP contribution is 2.21. The van der Waals surface area contributed by atoms with Crippen LogP contribution in [0.5, 0.6) is 0 Å². The number of carbonyl (C=O) groups is 2. The molecule has 0 bridgehead atoms. The lowest BCUT2D eigenvalue weighted by Crippen LogP contribution is -2.48. The van der Waals surface area contributed by atoms with Gasteiger partial charge in [0.05, 0.1) is 18.6 Å². The summed E-state index contributed by atoms with van der Waals surface area (Å²) in [5.74, 6) is -0.395. The van der Waals surface area contributed by atoms with Crippen molar-refractivity contribution in [1.82, 2.24) is 4.90 Å². The fourth-order valence-electron chi connectivity index (χ4n) is 2.76. The Morgan fingerprint density at radius 2 is 2.09 bits per heavy atom. The number of halogens is 1. The number of likely N-dealkylation sites (tertiary alicyclic amines) is 1. The third-order valence-electron chi connectivity index (χ3n) is 4.11. The number of esters is 1. The van der Waals surface area contributed by atoms with Crippen LogP contribution < -0.4 is 5.32 Å². The predicted molar refractivity (Wildman–Crippen MR) is 90.5 cm³/mol. The Morgan fingerprint density at radius 1 is 1.39 bits per heavy atom. The second kappa shape index (κ2) is 8.31. The van der Waals surface area contributed by atoms with Crippen molar-refractivity contribution < 1.29 is 14.3 Å². The summed E-state index contributed by atoms with van der Waals surface area (Å²) in [6.07, 6.45) is 1.71. The highest BCUT2D eigenvalue weighted by molar-refractivity contribution is 6.30. The molecule has 2 atom stereocenters. The highest BCUT2D eigenvalue weighted by atomic mass is 35.5. The van der Waals surface area contributed by atoms with Crippen molar-refractivity contribution in [3.8, 4) is 0 Å². The summed E-state index contributed by atoms with van der Waals surface area (Å²) >= 11 is 5.84. The normalized spacial score (nSPS) is 19.9. The van der Waals surface area contributed by atoms with Crippen molar-refractivity contribution in [2.45, 2.75) is 32.7 Å². The lowest BCUT2D eigenvalue weighted by molar-refractivity contribution is -0.150. The molecule has 1 aliphatic rings. The van der Waals surface area contributed by atoms with Gasteiger partial charge in [-0.25, -0.2) is 0 Å². The maximum atomic E-state index is 12.4. The van der Waals surface area contributed by atoms with E-state index < -0.39 is 0 Å². The van der Waals surface area contributed by atoms with Gasteiger partial charge >= 0.3 is 5.97 Å². The molecule has 1 saturated heterocycles. The lowest BCUT2D eigenvalue weighted by atomic mass is 9.97. The van der Waals surface area contributed by atoms with Crippen LogP contribution in [0.3, 0.4) is 0 Å². The summed E-state index contributed by atoms with van der Waals surface area (Å²) in [4.78, 5) is 26.3. The molecule has 1 aromatic rings. The van der Waals surface area contributed by atoms with E-state index in [1.165, 1.54) is 0 Å². The minimum absolute atomic E-state index is 0.0863. The van der Waals surface area contributed by atoms with Gasteiger partial charge in [-0.2, -0.15) is 0 Å². The van der Waals surface area contributed by atoms with Crippen LogP contribution in [0.1, 0.15) is 26.7 Å². The molecule has 0 unspecified atom stereocenters. The number of ether oxygens (including phenoxy) is 1. The van der Waals surface area contributed by atoms with Crippen molar-refractivity contribution in [3.63, 3.8) is 0 Å². The average Bonchev–Trinajstić information content (AvgIpc) is 2.56. The summed E-state index contributed by atoms with van der Waals surface area (Å²) in [5.41, 5.74) is 0.713. The zero-order chi connectivity index (χ0) is 16.8. The Labute approximate surface area is 141 Å². The first-order chi connectivity index (χ1) is 11.0. The lowest BCUT2D eigenvalue weighted by Gasteiger charge is -2.35. The average molecular weight is 339 g/mol. The summed E-state index contributed by atoms with van der Waals surface area (Å²) in [5, 5.41) is 3.51. The van der Waals surface area contributed by atoms with E-state index in [9.17, 15) is 9.59 Å². The molecule has 0 saturated carbocycles. The molecule has 126 valence electrons. The van der Waals surface area contributed by atoms with Crippen LogP contribution in [-0.4, -0.2) is 42.5 Å². The maximum absolute atomic E-state index is 12.4. The van der Waals surface area contributed by atoms with Gasteiger partial charge in [-0.1, -0.05) is 11.6 Å². The number of carbonyl (C=O) groups excluding carboxylic acids is 2. The van der Waals surface area contributed by atoms with Crippen molar-refractivity contribution in [2.75, 3.05) is 25.0 Å². The standard InChI is InChI=1S/C17H23ClN2O3/c1-3-23-17(22)13-5-4-10-20(11-13)12(2)16(21)19-15-8-6-14(18)7-9-15/h6-9,12-13H,3-5,10-11H2,1-2H3,(H,19,21)/t12-,13+/m1/s1. The number of hydrogen-bond donors (Lipinski definition) is 1. The first-order valence-electron chi connectivity index (χ1n) is 7.98. The van der Waals surface area contributed by atoms with Gasteiger partial charge in [-0.15, -0.1) is 0 Å². The minimum atomic E-state index is -0.303. The van der Waals surface area contributed by atoms with E-state index in [0.29, 0.717) is 23.9 Å². The van der Waals surface area contributed by atoms with Crippen LogP contribution in [0, 0.1) is 5.92 Å². The number of rotatable bonds is 5. The van der Waals surface area contributed by atoms with Gasteiger partial charge in [0.15, 0.2) is 0 Å². The number of nitrogens with zero attached hydrogens (tertiary/aromatic N) is 1. The van der Waals surface area contributed by atoms with Crippen LogP contribution in [0.25, 0.3) is 0 Å². The van der Waals surface area contributed by atoms with Gasteiger partial charge in [0.25, 0.3) is 0 Å². The molecule has 1 amide bonds. The minimum Gasteiger partial charge on any atom is -0.466 e. The van der Waals surface area contributed by atoms with E-state index in [-0.39, 0.29) is 23.8 Å². The smallest absolute Gasteiger partial charge is 0.310 e. The monoisotopic (exact) mass is 338 g/mol. The molecule has 1 aromatic carbocycles. The van der Waals surface area contributed by atoms with E-state index in [1.807, 2.05) is 11.8 Å². The fraction of sp³-hybridized carbons (Fsp3) is 0.529. The molecule has 5 nitrogen and oxygen atoms in total. The van der Waals surface area contributed by atoms with Crippen LogP contribution in [0.2, 0.25) is 5.02 Å². The van der Waals surface area contributed by atoms with Crippen LogP contribution in [-0.2, 0) is 14.3 Å². The molecule has 2 rings (SSSR count). The van der Waals surface area contributed by atoms with Gasteiger partial charge in [-0.3, -0.25) is 14.5 Å². The molecule has 0 radical (unpaired) electrons. The van der Waals surface area contributed by atoms with Crippen LogP contribution in [0.4, 0.5) is 5.69 Å². The number of benzene rings is 1. The number of piperidine rings is 1. The molecular formula is C17H23ClN2O3. The molecule has 23 heavy (non-hydrogen) atoms. The molecular weight excluding hydrogens is 316 g/mol. The zero-order valence-electron chi connectivity index (χ0n) is 13.5. The van der Waals surface area contributed by atoms with Gasteiger partial charge < -0.3 is 10.1 Å². The van der Waals surface area contributed by atoms with E-state index in [2.05, 4.69) is 5.32 Å². The predicted octanol–water partition coefficient (Wildman–Crippen LogP) is 2.94. The molecule has 1 heterocycles. The van der Waals surface area contributed by atoms with Gasteiger partial charge in [0.1, 0.15) is 0 Å². The van der Waals surface area contributed by atoms with E-state index >= 15 is 0 Å². The number of anilines is 1. The molecule has 1 N–H and O–H groups in total. The van der Waals surface area contributed by atoms with Gasteiger partial charge in [0.2, 0.25) is 5.91 Å². The van der Waals surface area contributed by atoms with Crippen molar-refractivity contribution in [3.05, 3.63) is 29.3 Å². The third-order valence-corrected chi connectivity index (χ3v) is 4.36. The van der Waals surface area contributed by atoms with E-state index in [1.54, 1.807) is 31.2 Å². The topological polar surface area (TPSA) is 58.6 Å². The number of amides is 1. The Kier molecular flexibility index (Phi) is 6.42. The van der Waals surface area contributed by atoms with E-state index in [4.69, 9.17) is 16.3 Å². The molecule has 1 fully saturated rings. The summed E-state index contributed by atoms with van der Waals surface area (Å²) < 4.78 is 5.10. The third kappa shape index (κ3) is 4.94. The first-order valence-corrected chi connectivity index (χ1v) is 8.36. The van der Waals surface area contributed by atoms with Gasteiger partial charge in [-0.05, 0) is 57.5 Å². The molecule has 0 aromatic heterocycles.